The Balaban J connectivity index is 1.70. The number of carbonyl (C=O) groups is 1. The van der Waals surface area contributed by atoms with Crippen LogP contribution in [0.1, 0.15) is 15.9 Å². The van der Waals surface area contributed by atoms with Crippen molar-refractivity contribution in [2.75, 3.05) is 12.3 Å². The van der Waals surface area contributed by atoms with Gasteiger partial charge >= 0.3 is 0 Å². The largest absolute Gasteiger partial charge is 0.367 e. The molecule has 124 valence electrons. The number of amides is 1. The summed E-state index contributed by atoms with van der Waals surface area (Å²) in [4.78, 5) is 13.3. The van der Waals surface area contributed by atoms with Gasteiger partial charge in [0.05, 0.1) is 8.66 Å². The summed E-state index contributed by atoms with van der Waals surface area (Å²) in [5, 5.41) is 7.42. The topological polar surface area (TPSA) is 81.2 Å². The van der Waals surface area contributed by atoms with Crippen LogP contribution < -0.4 is 11.1 Å². The van der Waals surface area contributed by atoms with Crippen LogP contribution in [0.2, 0.25) is 5.02 Å². The molecule has 0 unspecified atom stereocenters. The molecule has 0 saturated heterocycles. The van der Waals surface area contributed by atoms with E-state index < -0.39 is 0 Å². The van der Waals surface area contributed by atoms with Gasteiger partial charge in [-0.05, 0) is 52.2 Å². The van der Waals surface area contributed by atoms with Crippen LogP contribution >= 0.6 is 38.9 Å². The lowest BCUT2D eigenvalue weighted by atomic mass is 10.1. The van der Waals surface area contributed by atoms with Crippen molar-refractivity contribution in [1.29, 1.82) is 0 Å². The molecular formula is C16H13BrClN3O2S. The highest BCUT2D eigenvalue weighted by Gasteiger charge is 2.23. The second-order valence-corrected chi connectivity index (χ2v) is 7.91. The molecular weight excluding hydrogens is 414 g/mol. The van der Waals surface area contributed by atoms with Crippen LogP contribution in [0.25, 0.3) is 10.6 Å². The third-order valence-electron chi connectivity index (χ3n) is 3.34. The number of rotatable bonds is 5. The SMILES string of the molecule is Nc1onc(-c2ccc(Br)s2)c1C(=O)NCCc1cccc(Cl)c1. The van der Waals surface area contributed by atoms with Gasteiger partial charge in [0, 0.05) is 11.6 Å². The number of carbonyl (C=O) groups excluding carboxylic acids is 1. The lowest BCUT2D eigenvalue weighted by Crippen LogP contribution is -2.26. The standard InChI is InChI=1S/C16H13BrClN3O2S/c17-12-5-4-11(24-12)14-13(15(19)23-21-14)16(22)20-7-6-9-2-1-3-10(18)8-9/h1-5,8H,6-7,19H2,(H,20,22). The van der Waals surface area contributed by atoms with Crippen molar-refractivity contribution in [3.8, 4) is 10.6 Å². The molecule has 0 radical (unpaired) electrons. The molecule has 0 bridgehead atoms. The summed E-state index contributed by atoms with van der Waals surface area (Å²) in [5.74, 6) is -0.301. The molecule has 0 atom stereocenters. The number of nitrogen functional groups attached to an aromatic ring is 1. The van der Waals surface area contributed by atoms with Gasteiger partial charge in [0.2, 0.25) is 5.88 Å². The molecule has 3 rings (SSSR count). The van der Waals surface area contributed by atoms with Crippen molar-refractivity contribution < 1.29 is 9.32 Å². The summed E-state index contributed by atoms with van der Waals surface area (Å²) < 4.78 is 5.94. The number of aromatic nitrogens is 1. The summed E-state index contributed by atoms with van der Waals surface area (Å²) in [6.45, 7) is 0.456. The highest BCUT2D eigenvalue weighted by atomic mass is 79.9. The van der Waals surface area contributed by atoms with E-state index in [1.165, 1.54) is 11.3 Å². The molecule has 0 saturated carbocycles. The van der Waals surface area contributed by atoms with Crippen LogP contribution in [0, 0.1) is 0 Å². The summed E-state index contributed by atoms with van der Waals surface area (Å²) in [5.41, 5.74) is 7.53. The van der Waals surface area contributed by atoms with Crippen LogP contribution in [-0.2, 0) is 6.42 Å². The normalized spacial score (nSPS) is 10.8. The summed E-state index contributed by atoms with van der Waals surface area (Å²) in [6.07, 6.45) is 0.664. The van der Waals surface area contributed by atoms with Gasteiger partial charge in [-0.2, -0.15) is 0 Å². The maximum atomic E-state index is 12.5. The quantitative estimate of drug-likeness (QED) is 0.634. The van der Waals surface area contributed by atoms with Gasteiger partial charge in [-0.3, -0.25) is 4.79 Å². The number of nitrogens with zero attached hydrogens (tertiary/aromatic N) is 1. The molecule has 0 aliphatic rings. The number of benzene rings is 1. The number of hydrogen-bond donors (Lipinski definition) is 2. The Morgan fingerprint density at radius 2 is 2.21 bits per heavy atom. The Bertz CT molecular complexity index is 878. The molecule has 2 heterocycles. The highest BCUT2D eigenvalue weighted by Crippen LogP contribution is 2.34. The van der Waals surface area contributed by atoms with Crippen LogP contribution in [0.5, 0.6) is 0 Å². The lowest BCUT2D eigenvalue weighted by Gasteiger charge is -2.05. The van der Waals surface area contributed by atoms with Crippen LogP contribution in [0.15, 0.2) is 44.7 Å². The molecule has 2 aromatic heterocycles. The summed E-state index contributed by atoms with van der Waals surface area (Å²) >= 11 is 10.8. The van der Waals surface area contributed by atoms with Gasteiger partial charge in [0.1, 0.15) is 11.3 Å². The zero-order chi connectivity index (χ0) is 17.1. The number of hydrogen-bond acceptors (Lipinski definition) is 5. The van der Waals surface area contributed by atoms with E-state index in [2.05, 4.69) is 26.4 Å². The van der Waals surface area contributed by atoms with E-state index in [1.807, 2.05) is 36.4 Å². The van der Waals surface area contributed by atoms with Gasteiger partial charge in [0.15, 0.2) is 0 Å². The average molecular weight is 427 g/mol. The molecule has 3 N–H and O–H groups in total. The van der Waals surface area contributed by atoms with Gasteiger partial charge in [-0.25, -0.2) is 0 Å². The van der Waals surface area contributed by atoms with Gasteiger partial charge in [0.25, 0.3) is 5.91 Å². The van der Waals surface area contributed by atoms with Crippen LogP contribution in [-0.4, -0.2) is 17.6 Å². The minimum atomic E-state index is -0.310. The molecule has 1 aromatic carbocycles. The predicted octanol–water partition coefficient (Wildman–Crippen LogP) is 4.37. The van der Waals surface area contributed by atoms with E-state index in [4.69, 9.17) is 21.9 Å². The van der Waals surface area contributed by atoms with Crippen molar-refractivity contribution in [3.63, 3.8) is 0 Å². The Morgan fingerprint density at radius 1 is 1.38 bits per heavy atom. The Hall–Kier alpha value is -1.83. The molecule has 5 nitrogen and oxygen atoms in total. The number of thiophene rings is 1. The van der Waals surface area contributed by atoms with Crippen molar-refractivity contribution in [2.45, 2.75) is 6.42 Å². The minimum Gasteiger partial charge on any atom is -0.367 e. The van der Waals surface area contributed by atoms with Gasteiger partial charge in [-0.15, -0.1) is 11.3 Å². The van der Waals surface area contributed by atoms with E-state index in [0.717, 1.165) is 14.2 Å². The van der Waals surface area contributed by atoms with E-state index in [-0.39, 0.29) is 17.4 Å². The number of halogens is 2. The first-order chi connectivity index (χ1) is 11.5. The highest BCUT2D eigenvalue weighted by molar-refractivity contribution is 9.11. The van der Waals surface area contributed by atoms with Crippen LogP contribution in [0.4, 0.5) is 5.88 Å². The third kappa shape index (κ3) is 3.80. The molecule has 0 aliphatic heterocycles. The lowest BCUT2D eigenvalue weighted by molar-refractivity contribution is 0.0955. The van der Waals surface area contributed by atoms with Crippen molar-refractivity contribution >= 4 is 50.7 Å². The molecule has 3 aromatic rings. The van der Waals surface area contributed by atoms with E-state index >= 15 is 0 Å². The van der Waals surface area contributed by atoms with Gasteiger partial charge in [-0.1, -0.05) is 28.9 Å². The zero-order valence-electron chi connectivity index (χ0n) is 12.4. The maximum absolute atomic E-state index is 12.5. The summed E-state index contributed by atoms with van der Waals surface area (Å²) in [7, 11) is 0. The molecule has 8 heteroatoms. The van der Waals surface area contributed by atoms with Crippen molar-refractivity contribution in [3.05, 3.63) is 56.3 Å². The fourth-order valence-electron chi connectivity index (χ4n) is 2.23. The second kappa shape index (κ2) is 7.38. The first-order valence-corrected chi connectivity index (χ1v) is 9.07. The number of nitrogens with two attached hydrogens (primary N) is 1. The van der Waals surface area contributed by atoms with Crippen molar-refractivity contribution in [2.24, 2.45) is 0 Å². The monoisotopic (exact) mass is 425 g/mol. The predicted molar refractivity (Wildman–Crippen MR) is 99.4 cm³/mol. The molecule has 1 amide bonds. The maximum Gasteiger partial charge on any atom is 0.259 e. The number of anilines is 1. The number of nitrogens with one attached hydrogen (secondary N) is 1. The zero-order valence-corrected chi connectivity index (χ0v) is 15.5. The molecule has 0 fully saturated rings. The molecule has 0 spiro atoms. The Morgan fingerprint density at radius 3 is 2.92 bits per heavy atom. The van der Waals surface area contributed by atoms with Crippen LogP contribution in [0.3, 0.4) is 0 Å². The first kappa shape index (κ1) is 17.0. The Labute approximate surface area is 155 Å². The van der Waals surface area contributed by atoms with E-state index in [0.29, 0.717) is 23.7 Å². The average Bonchev–Trinajstić information content (AvgIpc) is 3.13. The smallest absolute Gasteiger partial charge is 0.259 e. The minimum absolute atomic E-state index is 0.00905. The second-order valence-electron chi connectivity index (χ2n) is 5.01. The molecule has 0 aliphatic carbocycles. The van der Waals surface area contributed by atoms with E-state index in [1.54, 1.807) is 0 Å². The third-order valence-corrected chi connectivity index (χ3v) is 5.21. The molecule has 24 heavy (non-hydrogen) atoms. The van der Waals surface area contributed by atoms with Crippen molar-refractivity contribution in [1.82, 2.24) is 10.5 Å². The fraction of sp³-hybridized carbons (Fsp3) is 0.125. The fourth-order valence-corrected chi connectivity index (χ4v) is 3.82. The first-order valence-electron chi connectivity index (χ1n) is 7.08. The van der Waals surface area contributed by atoms with Gasteiger partial charge < -0.3 is 15.6 Å². The van der Waals surface area contributed by atoms with E-state index in [9.17, 15) is 4.79 Å². The Kier molecular flexibility index (Phi) is 5.23. The summed E-state index contributed by atoms with van der Waals surface area (Å²) in [6, 6.07) is 11.3.